The monoisotopic (exact) mass is 293 g/mol. The summed E-state index contributed by atoms with van der Waals surface area (Å²) in [5.74, 6) is -1.25. The Morgan fingerprint density at radius 2 is 2.11 bits per heavy atom. The highest BCUT2D eigenvalue weighted by Gasteiger charge is 2.21. The topological polar surface area (TPSA) is 104 Å². The number of carboxylic acids is 1. The second kappa shape index (κ2) is 5.66. The van der Waals surface area contributed by atoms with E-state index in [9.17, 15) is 13.2 Å². The summed E-state index contributed by atoms with van der Waals surface area (Å²) in [6.07, 6.45) is 0. The van der Waals surface area contributed by atoms with E-state index < -0.39 is 22.0 Å². The summed E-state index contributed by atoms with van der Waals surface area (Å²) >= 11 is 5.74. The summed E-state index contributed by atoms with van der Waals surface area (Å²) in [6.45, 7) is 1.09. The molecule has 1 aromatic carbocycles. The van der Waals surface area contributed by atoms with E-state index in [1.54, 1.807) is 0 Å². The van der Waals surface area contributed by atoms with Crippen LogP contribution in [0.2, 0.25) is 5.02 Å². The van der Waals surface area contributed by atoms with E-state index in [0.717, 1.165) is 6.07 Å². The molecule has 8 heteroatoms. The third kappa shape index (κ3) is 3.42. The van der Waals surface area contributed by atoms with Gasteiger partial charge in [-0.15, -0.1) is 0 Å². The molecule has 0 aliphatic rings. The summed E-state index contributed by atoms with van der Waals surface area (Å²) in [5.41, 5.74) is -0.184. The van der Waals surface area contributed by atoms with Crippen molar-refractivity contribution in [2.24, 2.45) is 0 Å². The van der Waals surface area contributed by atoms with Crippen LogP contribution in [0.15, 0.2) is 23.1 Å². The number of hydrogen-bond donors (Lipinski definition) is 3. The van der Waals surface area contributed by atoms with Gasteiger partial charge in [-0.3, -0.25) is 0 Å². The molecule has 18 heavy (non-hydrogen) atoms. The standard InChI is InChI=1S/C10H12ClNO5S/c1-6(5-13)12-18(16,17)9-4-7(10(14)15)2-3-8(9)11/h2-4,6,12-13H,5H2,1H3,(H,14,15)/t6-/m1/s1. The van der Waals surface area contributed by atoms with Crippen molar-refractivity contribution in [1.29, 1.82) is 0 Å². The van der Waals surface area contributed by atoms with Gasteiger partial charge in [0.15, 0.2) is 0 Å². The first kappa shape index (κ1) is 14.9. The molecular weight excluding hydrogens is 282 g/mol. The van der Waals surface area contributed by atoms with E-state index >= 15 is 0 Å². The van der Waals surface area contributed by atoms with Crippen LogP contribution in [-0.4, -0.2) is 37.2 Å². The van der Waals surface area contributed by atoms with Crippen LogP contribution in [0.1, 0.15) is 17.3 Å². The van der Waals surface area contributed by atoms with Crippen LogP contribution >= 0.6 is 11.6 Å². The van der Waals surface area contributed by atoms with Gasteiger partial charge < -0.3 is 10.2 Å². The Hall–Kier alpha value is -1.15. The minimum atomic E-state index is -3.96. The fraction of sp³-hybridized carbons (Fsp3) is 0.300. The molecule has 0 aliphatic carbocycles. The smallest absolute Gasteiger partial charge is 0.335 e. The van der Waals surface area contributed by atoms with Crippen LogP contribution in [0.5, 0.6) is 0 Å². The van der Waals surface area contributed by atoms with Crippen LogP contribution in [0.25, 0.3) is 0 Å². The molecule has 0 spiro atoms. The minimum absolute atomic E-state index is 0.0855. The Morgan fingerprint density at radius 1 is 1.50 bits per heavy atom. The predicted octanol–water partition coefficient (Wildman–Crippen LogP) is 0.697. The predicted molar refractivity (Wildman–Crippen MR) is 65.3 cm³/mol. The number of halogens is 1. The molecule has 0 aromatic heterocycles. The number of rotatable bonds is 5. The number of carboxylic acid groups (broad SMARTS) is 1. The maximum absolute atomic E-state index is 11.9. The van der Waals surface area contributed by atoms with Gasteiger partial charge in [0.1, 0.15) is 4.90 Å². The highest BCUT2D eigenvalue weighted by Crippen LogP contribution is 2.22. The zero-order valence-corrected chi connectivity index (χ0v) is 11.0. The van der Waals surface area contributed by atoms with Crippen molar-refractivity contribution >= 4 is 27.6 Å². The summed E-state index contributed by atoms with van der Waals surface area (Å²) in [4.78, 5) is 10.4. The van der Waals surface area contributed by atoms with Gasteiger partial charge in [-0.25, -0.2) is 17.9 Å². The Labute approximate surface area is 109 Å². The Morgan fingerprint density at radius 3 is 2.61 bits per heavy atom. The van der Waals surface area contributed by atoms with Gasteiger partial charge in [0.25, 0.3) is 0 Å². The average molecular weight is 294 g/mol. The number of aliphatic hydroxyl groups is 1. The molecular formula is C10H12ClNO5S. The van der Waals surface area contributed by atoms with Gasteiger partial charge in [-0.05, 0) is 25.1 Å². The zero-order valence-electron chi connectivity index (χ0n) is 9.42. The SMILES string of the molecule is C[C@H](CO)NS(=O)(=O)c1cc(C(=O)O)ccc1Cl. The van der Waals surface area contributed by atoms with Gasteiger partial charge in [0.2, 0.25) is 10.0 Å². The average Bonchev–Trinajstić information content (AvgIpc) is 2.28. The molecule has 1 rings (SSSR count). The number of hydrogen-bond acceptors (Lipinski definition) is 4. The van der Waals surface area contributed by atoms with Crippen LogP contribution in [0.4, 0.5) is 0 Å². The first-order valence-electron chi connectivity index (χ1n) is 4.94. The molecule has 0 unspecified atom stereocenters. The lowest BCUT2D eigenvalue weighted by molar-refractivity contribution is 0.0696. The zero-order chi connectivity index (χ0) is 13.9. The fourth-order valence-electron chi connectivity index (χ4n) is 1.21. The van der Waals surface area contributed by atoms with Crippen LogP contribution < -0.4 is 4.72 Å². The first-order chi connectivity index (χ1) is 8.27. The first-order valence-corrected chi connectivity index (χ1v) is 6.80. The summed E-state index contributed by atoms with van der Waals surface area (Å²) in [7, 11) is -3.96. The van der Waals surface area contributed by atoms with Crippen molar-refractivity contribution in [1.82, 2.24) is 4.72 Å². The molecule has 0 saturated carbocycles. The lowest BCUT2D eigenvalue weighted by Gasteiger charge is -2.12. The van der Waals surface area contributed by atoms with Gasteiger partial charge in [-0.2, -0.15) is 0 Å². The van der Waals surface area contributed by atoms with Gasteiger partial charge in [0, 0.05) is 6.04 Å². The molecule has 0 saturated heterocycles. The number of nitrogens with one attached hydrogen (secondary N) is 1. The van der Waals surface area contributed by atoms with Crippen LogP contribution in [-0.2, 0) is 10.0 Å². The fourth-order valence-corrected chi connectivity index (χ4v) is 2.97. The molecule has 0 fully saturated rings. The van der Waals surface area contributed by atoms with E-state index in [1.165, 1.54) is 19.1 Å². The number of carbonyl (C=O) groups is 1. The highest BCUT2D eigenvalue weighted by atomic mass is 35.5. The van der Waals surface area contributed by atoms with Gasteiger partial charge >= 0.3 is 5.97 Å². The molecule has 1 aromatic rings. The molecule has 0 amide bonds. The summed E-state index contributed by atoms with van der Waals surface area (Å²) in [6, 6.07) is 2.68. The lowest BCUT2D eigenvalue weighted by Crippen LogP contribution is -2.35. The molecule has 3 N–H and O–H groups in total. The Balaban J connectivity index is 3.23. The number of benzene rings is 1. The van der Waals surface area contributed by atoms with Gasteiger partial charge in [-0.1, -0.05) is 11.6 Å². The molecule has 6 nitrogen and oxygen atoms in total. The number of sulfonamides is 1. The number of aliphatic hydroxyl groups excluding tert-OH is 1. The van der Waals surface area contributed by atoms with E-state index in [1.807, 2.05) is 0 Å². The van der Waals surface area contributed by atoms with E-state index in [-0.39, 0.29) is 22.1 Å². The molecule has 1 atom stereocenters. The highest BCUT2D eigenvalue weighted by molar-refractivity contribution is 7.89. The molecule has 100 valence electrons. The Bertz CT molecular complexity index is 557. The molecule has 0 heterocycles. The van der Waals surface area contributed by atoms with Crippen LogP contribution in [0, 0.1) is 0 Å². The van der Waals surface area contributed by atoms with Crippen molar-refractivity contribution in [3.05, 3.63) is 28.8 Å². The van der Waals surface area contributed by atoms with Gasteiger partial charge in [0.05, 0.1) is 17.2 Å². The largest absolute Gasteiger partial charge is 0.478 e. The van der Waals surface area contributed by atoms with Crippen molar-refractivity contribution in [3.8, 4) is 0 Å². The van der Waals surface area contributed by atoms with E-state index in [4.69, 9.17) is 21.8 Å². The second-order valence-electron chi connectivity index (χ2n) is 3.66. The molecule has 0 bridgehead atoms. The molecule has 0 radical (unpaired) electrons. The van der Waals surface area contributed by atoms with Crippen molar-refractivity contribution < 1.29 is 23.4 Å². The summed E-state index contributed by atoms with van der Waals surface area (Å²) in [5, 5.41) is 17.5. The third-order valence-corrected chi connectivity index (χ3v) is 4.17. The third-order valence-electron chi connectivity index (χ3n) is 2.10. The lowest BCUT2D eigenvalue weighted by atomic mass is 10.2. The quantitative estimate of drug-likeness (QED) is 0.741. The normalized spacial score (nSPS) is 13.3. The Kier molecular flexibility index (Phi) is 4.69. The second-order valence-corrected chi connectivity index (χ2v) is 5.74. The van der Waals surface area contributed by atoms with E-state index in [0.29, 0.717) is 0 Å². The summed E-state index contributed by atoms with van der Waals surface area (Å²) < 4.78 is 26.0. The maximum atomic E-state index is 11.9. The van der Waals surface area contributed by atoms with Crippen molar-refractivity contribution in [2.75, 3.05) is 6.61 Å². The number of aromatic carboxylic acids is 1. The molecule has 0 aliphatic heterocycles. The van der Waals surface area contributed by atoms with Crippen molar-refractivity contribution in [3.63, 3.8) is 0 Å². The minimum Gasteiger partial charge on any atom is -0.478 e. The van der Waals surface area contributed by atoms with Crippen molar-refractivity contribution in [2.45, 2.75) is 17.9 Å². The maximum Gasteiger partial charge on any atom is 0.335 e. The van der Waals surface area contributed by atoms with E-state index in [2.05, 4.69) is 4.72 Å². The van der Waals surface area contributed by atoms with Crippen LogP contribution in [0.3, 0.4) is 0 Å².